The maximum absolute atomic E-state index is 12.3. The Morgan fingerprint density at radius 2 is 2.00 bits per heavy atom. The molecular weight excluding hydrogens is 304 g/mol. The van der Waals surface area contributed by atoms with E-state index in [9.17, 15) is 9.59 Å². The number of Topliss-reactive ketones (excluding diaryl/α,β-unsaturated/α-hetero) is 1. The summed E-state index contributed by atoms with van der Waals surface area (Å²) < 4.78 is 1.51. The summed E-state index contributed by atoms with van der Waals surface area (Å²) in [5.74, 6) is -2.59. The van der Waals surface area contributed by atoms with Gasteiger partial charge in [0.25, 0.3) is 0 Å². The summed E-state index contributed by atoms with van der Waals surface area (Å²) in [6, 6.07) is 8.64. The van der Waals surface area contributed by atoms with Gasteiger partial charge in [0.05, 0.1) is 23.0 Å². The van der Waals surface area contributed by atoms with Crippen molar-refractivity contribution < 1.29 is 9.59 Å². The normalized spacial score (nSPS) is 11.5. The van der Waals surface area contributed by atoms with Crippen molar-refractivity contribution >= 4 is 23.3 Å². The van der Waals surface area contributed by atoms with Crippen LogP contribution in [0.4, 0.5) is 0 Å². The highest BCUT2D eigenvalue weighted by atomic mass is 35.5. The Balaban J connectivity index is 2.38. The average Bonchev–Trinajstić information content (AvgIpc) is 2.90. The Bertz CT molecular complexity index is 759. The van der Waals surface area contributed by atoms with Crippen molar-refractivity contribution in [2.75, 3.05) is 7.05 Å². The summed E-state index contributed by atoms with van der Waals surface area (Å²) >= 11 is 5.83. The van der Waals surface area contributed by atoms with E-state index in [0.717, 1.165) is 5.69 Å². The largest absolute Gasteiger partial charge is 0.358 e. The van der Waals surface area contributed by atoms with Crippen LogP contribution in [0.25, 0.3) is 5.69 Å². The van der Waals surface area contributed by atoms with Gasteiger partial charge in [-0.2, -0.15) is 10.4 Å². The van der Waals surface area contributed by atoms with E-state index in [-0.39, 0.29) is 5.56 Å². The third kappa shape index (κ3) is 3.00. The van der Waals surface area contributed by atoms with Crippen molar-refractivity contribution in [1.82, 2.24) is 15.1 Å². The van der Waals surface area contributed by atoms with Crippen LogP contribution in [0.15, 0.2) is 30.5 Å². The van der Waals surface area contributed by atoms with E-state index < -0.39 is 17.6 Å². The maximum Gasteiger partial charge on any atom is 0.245 e. The zero-order valence-electron chi connectivity index (χ0n) is 12.0. The number of carbonyl (C=O) groups excluding carboxylic acids is 2. The van der Waals surface area contributed by atoms with Crippen LogP contribution in [0.2, 0.25) is 5.02 Å². The molecule has 6 nitrogen and oxygen atoms in total. The zero-order valence-corrected chi connectivity index (χ0v) is 12.8. The molecule has 112 valence electrons. The molecule has 1 heterocycles. The smallest absolute Gasteiger partial charge is 0.245 e. The van der Waals surface area contributed by atoms with Crippen LogP contribution in [0, 0.1) is 24.2 Å². The quantitative estimate of drug-likeness (QED) is 0.689. The molecule has 1 N–H and O–H groups in total. The molecule has 1 amide bonds. The van der Waals surface area contributed by atoms with Gasteiger partial charge in [-0.25, -0.2) is 4.68 Å². The van der Waals surface area contributed by atoms with Crippen LogP contribution in [0.5, 0.6) is 0 Å². The molecule has 0 aliphatic carbocycles. The van der Waals surface area contributed by atoms with Gasteiger partial charge >= 0.3 is 0 Å². The SMILES string of the molecule is CNC(=O)[C@H](C#N)C(=O)c1cn(-c2ccc(Cl)cc2)nc1C. The molecule has 0 unspecified atom stereocenters. The Labute approximate surface area is 132 Å². The third-order valence-electron chi connectivity index (χ3n) is 3.16. The minimum Gasteiger partial charge on any atom is -0.358 e. The van der Waals surface area contributed by atoms with Crippen molar-refractivity contribution in [3.8, 4) is 11.8 Å². The van der Waals surface area contributed by atoms with Gasteiger partial charge in [0.15, 0.2) is 11.7 Å². The Hall–Kier alpha value is -2.65. The second-order valence-electron chi connectivity index (χ2n) is 4.59. The molecule has 0 radical (unpaired) electrons. The number of nitriles is 1. The van der Waals surface area contributed by atoms with Gasteiger partial charge in [-0.05, 0) is 31.2 Å². The van der Waals surface area contributed by atoms with E-state index in [2.05, 4.69) is 10.4 Å². The van der Waals surface area contributed by atoms with E-state index in [1.54, 1.807) is 37.3 Å². The maximum atomic E-state index is 12.3. The van der Waals surface area contributed by atoms with E-state index in [1.165, 1.54) is 17.9 Å². The molecule has 0 bridgehead atoms. The average molecular weight is 317 g/mol. The zero-order chi connectivity index (χ0) is 16.3. The molecule has 22 heavy (non-hydrogen) atoms. The van der Waals surface area contributed by atoms with E-state index in [4.69, 9.17) is 16.9 Å². The number of nitrogens with zero attached hydrogens (tertiary/aromatic N) is 3. The lowest BCUT2D eigenvalue weighted by atomic mass is 9.99. The highest BCUT2D eigenvalue weighted by Gasteiger charge is 2.29. The first-order chi connectivity index (χ1) is 10.5. The molecule has 1 aromatic heterocycles. The molecule has 1 atom stereocenters. The van der Waals surface area contributed by atoms with Crippen LogP contribution in [-0.4, -0.2) is 28.5 Å². The molecule has 7 heteroatoms. The third-order valence-corrected chi connectivity index (χ3v) is 3.41. The molecule has 0 aliphatic heterocycles. The minimum atomic E-state index is -1.38. The molecule has 1 aromatic carbocycles. The van der Waals surface area contributed by atoms with Gasteiger partial charge < -0.3 is 5.32 Å². The van der Waals surface area contributed by atoms with E-state index in [0.29, 0.717) is 10.7 Å². The second kappa shape index (κ2) is 6.41. The van der Waals surface area contributed by atoms with Gasteiger partial charge in [-0.15, -0.1) is 0 Å². The highest BCUT2D eigenvalue weighted by Crippen LogP contribution is 2.17. The van der Waals surface area contributed by atoms with Crippen LogP contribution in [0.1, 0.15) is 16.1 Å². The van der Waals surface area contributed by atoms with Crippen LogP contribution >= 0.6 is 11.6 Å². The standard InChI is InChI=1S/C15H13ClN4O2/c1-9-13(14(21)12(7-17)15(22)18-2)8-20(19-9)11-5-3-10(16)4-6-11/h3-6,8,12H,1-2H3,(H,18,22)/t12-/m1/s1. The molecule has 0 spiro atoms. The summed E-state index contributed by atoms with van der Waals surface area (Å²) in [6.07, 6.45) is 1.51. The van der Waals surface area contributed by atoms with Gasteiger partial charge in [-0.3, -0.25) is 9.59 Å². The number of amides is 1. The molecule has 2 rings (SSSR count). The summed E-state index contributed by atoms with van der Waals surface area (Å²) in [6.45, 7) is 1.65. The fraction of sp³-hybridized carbons (Fsp3) is 0.200. The van der Waals surface area contributed by atoms with E-state index >= 15 is 0 Å². The summed E-state index contributed by atoms with van der Waals surface area (Å²) in [5.41, 5.74) is 1.41. The first-order valence-corrected chi connectivity index (χ1v) is 6.83. The molecule has 0 fully saturated rings. The topological polar surface area (TPSA) is 87.8 Å². The summed E-state index contributed by atoms with van der Waals surface area (Å²) in [5, 5.41) is 16.2. The molecule has 0 saturated heterocycles. The van der Waals surface area contributed by atoms with Crippen LogP contribution in [-0.2, 0) is 4.79 Å². The molecule has 2 aromatic rings. The fourth-order valence-electron chi connectivity index (χ4n) is 1.96. The van der Waals surface area contributed by atoms with Crippen molar-refractivity contribution in [3.63, 3.8) is 0 Å². The number of aryl methyl sites for hydroxylation is 1. The van der Waals surface area contributed by atoms with Crippen molar-refractivity contribution in [2.24, 2.45) is 5.92 Å². The number of aromatic nitrogens is 2. The minimum absolute atomic E-state index is 0.241. The lowest BCUT2D eigenvalue weighted by molar-refractivity contribution is -0.121. The lowest BCUT2D eigenvalue weighted by Gasteiger charge is -2.05. The molecule has 0 aliphatic rings. The van der Waals surface area contributed by atoms with Gasteiger partial charge in [-0.1, -0.05) is 11.6 Å². The molecule has 0 saturated carbocycles. The Morgan fingerprint density at radius 1 is 1.36 bits per heavy atom. The molecular formula is C15H13ClN4O2. The van der Waals surface area contributed by atoms with Gasteiger partial charge in [0.1, 0.15) is 0 Å². The second-order valence-corrected chi connectivity index (χ2v) is 5.03. The number of nitrogens with one attached hydrogen (secondary N) is 1. The summed E-state index contributed by atoms with van der Waals surface area (Å²) in [4.78, 5) is 23.9. The number of hydrogen-bond donors (Lipinski definition) is 1. The van der Waals surface area contributed by atoms with Crippen LogP contribution < -0.4 is 5.32 Å². The summed E-state index contributed by atoms with van der Waals surface area (Å²) in [7, 11) is 1.38. The van der Waals surface area contributed by atoms with Gasteiger partial charge in [0, 0.05) is 18.3 Å². The number of halogens is 1. The lowest BCUT2D eigenvalue weighted by Crippen LogP contribution is -2.32. The van der Waals surface area contributed by atoms with Crippen molar-refractivity contribution in [3.05, 3.63) is 46.7 Å². The van der Waals surface area contributed by atoms with Crippen molar-refractivity contribution in [2.45, 2.75) is 6.92 Å². The number of ketones is 1. The van der Waals surface area contributed by atoms with Crippen molar-refractivity contribution in [1.29, 1.82) is 5.26 Å². The number of carbonyl (C=O) groups is 2. The Kier molecular flexibility index (Phi) is 4.59. The Morgan fingerprint density at radius 3 is 2.55 bits per heavy atom. The highest BCUT2D eigenvalue weighted by molar-refractivity contribution is 6.30. The first-order valence-electron chi connectivity index (χ1n) is 6.45. The monoisotopic (exact) mass is 316 g/mol. The van der Waals surface area contributed by atoms with Crippen LogP contribution in [0.3, 0.4) is 0 Å². The number of benzene rings is 1. The number of hydrogen-bond acceptors (Lipinski definition) is 4. The van der Waals surface area contributed by atoms with E-state index in [1.807, 2.05) is 0 Å². The number of rotatable bonds is 4. The predicted molar refractivity (Wildman–Crippen MR) is 80.8 cm³/mol. The fourth-order valence-corrected chi connectivity index (χ4v) is 2.09. The predicted octanol–water partition coefficient (Wildman–Crippen LogP) is 1.90. The van der Waals surface area contributed by atoms with Gasteiger partial charge in [0.2, 0.25) is 5.91 Å². The first kappa shape index (κ1) is 15.7.